The second-order valence-electron chi connectivity index (χ2n) is 6.41. The summed E-state index contributed by atoms with van der Waals surface area (Å²) in [7, 11) is 8.06. The van der Waals surface area contributed by atoms with E-state index in [1.807, 2.05) is 63.4 Å². The topological polar surface area (TPSA) is 60.5 Å². The largest absolute Gasteiger partial charge is 0.378 e. The fourth-order valence-corrected chi connectivity index (χ4v) is 2.29. The number of nitrogens with one attached hydrogen (secondary N) is 2. The first kappa shape index (κ1) is 18.7. The normalized spacial score (nSPS) is 10.6. The lowest BCUT2D eigenvalue weighted by Crippen LogP contribution is -2.27. The third-order valence-corrected chi connectivity index (χ3v) is 3.75. The van der Waals surface area contributed by atoms with Crippen molar-refractivity contribution in [1.29, 1.82) is 0 Å². The first-order valence-electron chi connectivity index (χ1n) is 8.39. The highest BCUT2D eigenvalue weighted by Gasteiger charge is 2.06. The minimum Gasteiger partial charge on any atom is -0.378 e. The van der Waals surface area contributed by atoms with Crippen LogP contribution in [0.2, 0.25) is 0 Å². The van der Waals surface area contributed by atoms with Gasteiger partial charge in [0.2, 0.25) is 0 Å². The number of carbonyl (C=O) groups excluding carboxylic acids is 1. The van der Waals surface area contributed by atoms with Crippen LogP contribution in [0.15, 0.2) is 42.6 Å². The molecule has 1 heterocycles. The van der Waals surface area contributed by atoms with Crippen LogP contribution in [0.4, 0.5) is 17.2 Å². The molecule has 6 heteroatoms. The van der Waals surface area contributed by atoms with Gasteiger partial charge in [-0.1, -0.05) is 0 Å². The number of anilines is 3. The molecule has 1 aromatic heterocycles. The second kappa shape index (κ2) is 9.03. The Kier molecular flexibility index (Phi) is 6.77. The van der Waals surface area contributed by atoms with E-state index in [0.717, 1.165) is 24.3 Å². The van der Waals surface area contributed by atoms with Crippen molar-refractivity contribution < 1.29 is 4.79 Å². The minimum absolute atomic E-state index is 0.0897. The number of benzene rings is 1. The summed E-state index contributed by atoms with van der Waals surface area (Å²) in [4.78, 5) is 20.5. The van der Waals surface area contributed by atoms with Gasteiger partial charge in [-0.15, -0.1) is 0 Å². The maximum Gasteiger partial charge on any atom is 0.252 e. The Labute approximate surface area is 149 Å². The maximum atomic E-state index is 12.1. The van der Waals surface area contributed by atoms with Gasteiger partial charge in [-0.2, -0.15) is 0 Å². The Hall–Kier alpha value is -2.60. The number of rotatable bonds is 8. The van der Waals surface area contributed by atoms with E-state index in [2.05, 4.69) is 20.5 Å². The molecular weight excluding hydrogens is 314 g/mol. The van der Waals surface area contributed by atoms with Gasteiger partial charge in [0.1, 0.15) is 5.82 Å². The predicted octanol–water partition coefficient (Wildman–Crippen LogP) is 2.57. The van der Waals surface area contributed by atoms with Gasteiger partial charge in [0.25, 0.3) is 5.91 Å². The standard InChI is InChI=1S/C19H27N5O/c1-23(2)13-5-12-20-19(25)15-6-11-18(21-14-15)22-16-7-9-17(10-8-16)24(3)4/h6-11,14H,5,12-13H2,1-4H3,(H,20,25)(H,21,22). The molecule has 25 heavy (non-hydrogen) atoms. The molecule has 0 fully saturated rings. The molecule has 2 aromatic rings. The zero-order valence-electron chi connectivity index (χ0n) is 15.4. The number of amides is 1. The van der Waals surface area contributed by atoms with Crippen molar-refractivity contribution >= 4 is 23.1 Å². The summed E-state index contributed by atoms with van der Waals surface area (Å²) in [6.07, 6.45) is 2.52. The van der Waals surface area contributed by atoms with Crippen LogP contribution in [-0.2, 0) is 0 Å². The van der Waals surface area contributed by atoms with Gasteiger partial charge in [-0.05, 0) is 63.5 Å². The third-order valence-electron chi connectivity index (χ3n) is 3.75. The van der Waals surface area contributed by atoms with Crippen molar-refractivity contribution in [2.45, 2.75) is 6.42 Å². The lowest BCUT2D eigenvalue weighted by molar-refractivity contribution is 0.0952. The highest BCUT2D eigenvalue weighted by atomic mass is 16.1. The van der Waals surface area contributed by atoms with E-state index >= 15 is 0 Å². The van der Waals surface area contributed by atoms with Crippen LogP contribution in [-0.4, -0.2) is 57.1 Å². The van der Waals surface area contributed by atoms with E-state index in [4.69, 9.17) is 0 Å². The zero-order chi connectivity index (χ0) is 18.2. The number of carbonyl (C=O) groups is 1. The molecule has 134 valence electrons. The average molecular weight is 341 g/mol. The molecule has 0 aliphatic heterocycles. The molecule has 1 amide bonds. The van der Waals surface area contributed by atoms with Crippen molar-refractivity contribution in [1.82, 2.24) is 15.2 Å². The predicted molar refractivity (Wildman–Crippen MR) is 104 cm³/mol. The molecule has 0 saturated heterocycles. The summed E-state index contributed by atoms with van der Waals surface area (Å²) >= 11 is 0. The monoisotopic (exact) mass is 341 g/mol. The number of hydrogen-bond acceptors (Lipinski definition) is 5. The third kappa shape index (κ3) is 6.08. The van der Waals surface area contributed by atoms with Crippen molar-refractivity contribution in [3.8, 4) is 0 Å². The van der Waals surface area contributed by atoms with Gasteiger partial charge in [0, 0.05) is 38.2 Å². The molecule has 6 nitrogen and oxygen atoms in total. The highest BCUT2D eigenvalue weighted by molar-refractivity contribution is 5.94. The molecule has 2 rings (SSSR count). The van der Waals surface area contributed by atoms with E-state index in [0.29, 0.717) is 17.9 Å². The molecule has 0 spiro atoms. The Morgan fingerprint density at radius 2 is 1.76 bits per heavy atom. The molecule has 0 bridgehead atoms. The summed E-state index contributed by atoms with van der Waals surface area (Å²) in [5.74, 6) is 0.620. The molecule has 2 N–H and O–H groups in total. The van der Waals surface area contributed by atoms with E-state index in [-0.39, 0.29) is 5.91 Å². The maximum absolute atomic E-state index is 12.1. The first-order valence-corrected chi connectivity index (χ1v) is 8.39. The van der Waals surface area contributed by atoms with Crippen molar-refractivity contribution in [2.75, 3.05) is 51.5 Å². The number of hydrogen-bond donors (Lipinski definition) is 2. The van der Waals surface area contributed by atoms with Crippen LogP contribution in [0.3, 0.4) is 0 Å². The summed E-state index contributed by atoms with van der Waals surface area (Å²) < 4.78 is 0. The summed E-state index contributed by atoms with van der Waals surface area (Å²) in [6, 6.07) is 11.7. The lowest BCUT2D eigenvalue weighted by Gasteiger charge is -2.13. The van der Waals surface area contributed by atoms with Crippen LogP contribution in [0.25, 0.3) is 0 Å². The van der Waals surface area contributed by atoms with Crippen molar-refractivity contribution in [3.63, 3.8) is 0 Å². The number of nitrogens with zero attached hydrogens (tertiary/aromatic N) is 3. The van der Waals surface area contributed by atoms with Gasteiger partial charge in [-0.3, -0.25) is 4.79 Å². The van der Waals surface area contributed by atoms with Gasteiger partial charge < -0.3 is 20.4 Å². The van der Waals surface area contributed by atoms with E-state index in [1.165, 1.54) is 0 Å². The Bertz CT molecular complexity index is 665. The molecule has 0 aliphatic carbocycles. The van der Waals surface area contributed by atoms with Crippen molar-refractivity contribution in [2.24, 2.45) is 0 Å². The van der Waals surface area contributed by atoms with Crippen molar-refractivity contribution in [3.05, 3.63) is 48.2 Å². The highest BCUT2D eigenvalue weighted by Crippen LogP contribution is 2.19. The van der Waals surface area contributed by atoms with E-state index in [1.54, 1.807) is 12.3 Å². The molecule has 0 saturated carbocycles. The average Bonchev–Trinajstić information content (AvgIpc) is 2.59. The molecule has 0 radical (unpaired) electrons. The summed E-state index contributed by atoms with van der Waals surface area (Å²) in [6.45, 7) is 1.61. The second-order valence-corrected chi connectivity index (χ2v) is 6.41. The van der Waals surface area contributed by atoms with Gasteiger partial charge in [0.05, 0.1) is 5.56 Å². The Morgan fingerprint density at radius 3 is 2.32 bits per heavy atom. The smallest absolute Gasteiger partial charge is 0.252 e. The molecule has 0 aliphatic rings. The summed E-state index contributed by atoms with van der Waals surface area (Å²) in [5.41, 5.74) is 2.66. The number of pyridine rings is 1. The van der Waals surface area contributed by atoms with Gasteiger partial charge >= 0.3 is 0 Å². The van der Waals surface area contributed by atoms with Gasteiger partial charge in [-0.25, -0.2) is 4.98 Å². The molecule has 0 atom stereocenters. The Morgan fingerprint density at radius 1 is 1.04 bits per heavy atom. The van der Waals surface area contributed by atoms with E-state index < -0.39 is 0 Å². The fraction of sp³-hybridized carbons (Fsp3) is 0.368. The van der Waals surface area contributed by atoms with Crippen LogP contribution in [0.1, 0.15) is 16.8 Å². The first-order chi connectivity index (χ1) is 12.0. The summed E-state index contributed by atoms with van der Waals surface area (Å²) in [5, 5.41) is 6.14. The minimum atomic E-state index is -0.0897. The number of aromatic nitrogens is 1. The molecular formula is C19H27N5O. The van der Waals surface area contributed by atoms with Crippen LogP contribution in [0, 0.1) is 0 Å². The van der Waals surface area contributed by atoms with E-state index in [9.17, 15) is 4.79 Å². The zero-order valence-corrected chi connectivity index (χ0v) is 15.4. The fourth-order valence-electron chi connectivity index (χ4n) is 2.29. The van der Waals surface area contributed by atoms with Crippen LogP contribution < -0.4 is 15.5 Å². The Balaban J connectivity index is 1.87. The SMILES string of the molecule is CN(C)CCCNC(=O)c1ccc(Nc2ccc(N(C)C)cc2)nc1. The quantitative estimate of drug-likeness (QED) is 0.723. The molecule has 1 aromatic carbocycles. The van der Waals surface area contributed by atoms with Gasteiger partial charge in [0.15, 0.2) is 0 Å². The molecule has 0 unspecified atom stereocenters. The van der Waals surface area contributed by atoms with Crippen LogP contribution >= 0.6 is 0 Å². The van der Waals surface area contributed by atoms with Crippen LogP contribution in [0.5, 0.6) is 0 Å². The lowest BCUT2D eigenvalue weighted by atomic mass is 10.2.